The van der Waals surface area contributed by atoms with Crippen LogP contribution in [0.2, 0.25) is 0 Å². The van der Waals surface area contributed by atoms with E-state index < -0.39 is 0 Å². The number of hydrogen-bond donors (Lipinski definition) is 2. The third-order valence-corrected chi connectivity index (χ3v) is 2.41. The molecule has 2 aromatic rings. The summed E-state index contributed by atoms with van der Waals surface area (Å²) in [5.41, 5.74) is 7.48. The number of nitrogens with two attached hydrogens (primary N) is 1. The Morgan fingerprint density at radius 1 is 1.47 bits per heavy atom. The molecule has 1 aromatic carbocycles. The van der Waals surface area contributed by atoms with E-state index in [-0.39, 0.29) is 5.91 Å². The monoisotopic (exact) mass is 203 g/mol. The number of nitrogens with zero attached hydrogens (tertiary/aromatic N) is 1. The average Bonchev–Trinajstić information content (AvgIpc) is 2.63. The fourth-order valence-electron chi connectivity index (χ4n) is 1.66. The van der Waals surface area contributed by atoms with Crippen LogP contribution in [0.1, 0.15) is 0 Å². The van der Waals surface area contributed by atoms with Crippen molar-refractivity contribution in [3.63, 3.8) is 0 Å². The molecule has 0 fully saturated rings. The van der Waals surface area contributed by atoms with Crippen molar-refractivity contribution >= 4 is 22.5 Å². The first-order valence-electron chi connectivity index (χ1n) is 4.76. The second-order valence-corrected chi connectivity index (χ2v) is 3.40. The summed E-state index contributed by atoms with van der Waals surface area (Å²) >= 11 is 0. The van der Waals surface area contributed by atoms with Gasteiger partial charge in [-0.3, -0.25) is 4.79 Å². The highest BCUT2D eigenvalue weighted by molar-refractivity contribution is 5.91. The number of para-hydroxylation sites is 1. The van der Waals surface area contributed by atoms with Crippen LogP contribution in [0.15, 0.2) is 30.5 Å². The van der Waals surface area contributed by atoms with Crippen LogP contribution >= 0.6 is 0 Å². The molecule has 0 saturated heterocycles. The van der Waals surface area contributed by atoms with Crippen molar-refractivity contribution in [2.24, 2.45) is 0 Å². The Morgan fingerprint density at radius 2 is 2.27 bits per heavy atom. The molecule has 2 rings (SSSR count). The standard InChI is InChI=1S/C11H13N3O/c1-13-10(15)7-14-6-5-8-3-2-4-9(12)11(8)14/h2-6H,7,12H2,1H3,(H,13,15). The number of carbonyl (C=O) groups excluding carboxylic acids is 1. The molecule has 3 N–H and O–H groups in total. The zero-order chi connectivity index (χ0) is 10.8. The molecule has 0 aliphatic carbocycles. The minimum atomic E-state index is -0.0317. The Labute approximate surface area is 87.7 Å². The minimum Gasteiger partial charge on any atom is -0.397 e. The van der Waals surface area contributed by atoms with E-state index in [4.69, 9.17) is 5.73 Å². The van der Waals surface area contributed by atoms with Crippen molar-refractivity contribution in [1.82, 2.24) is 9.88 Å². The molecule has 1 amide bonds. The number of nitrogens with one attached hydrogen (secondary N) is 1. The van der Waals surface area contributed by atoms with E-state index in [2.05, 4.69) is 5.32 Å². The van der Waals surface area contributed by atoms with Gasteiger partial charge in [0.2, 0.25) is 5.91 Å². The number of rotatable bonds is 2. The van der Waals surface area contributed by atoms with Gasteiger partial charge in [0.05, 0.1) is 11.2 Å². The van der Waals surface area contributed by atoms with Crippen LogP contribution in [0, 0.1) is 0 Å². The van der Waals surface area contributed by atoms with Gasteiger partial charge < -0.3 is 15.6 Å². The highest BCUT2D eigenvalue weighted by atomic mass is 16.1. The summed E-state index contributed by atoms with van der Waals surface area (Å²) in [6.45, 7) is 0.300. The predicted octanol–water partition coefficient (Wildman–Crippen LogP) is 0.969. The number of hydrogen-bond acceptors (Lipinski definition) is 2. The highest BCUT2D eigenvalue weighted by Gasteiger charge is 2.06. The third kappa shape index (κ3) is 1.66. The van der Waals surface area contributed by atoms with Gasteiger partial charge in [-0.05, 0) is 12.1 Å². The molecular weight excluding hydrogens is 190 g/mol. The Hall–Kier alpha value is -1.97. The maximum Gasteiger partial charge on any atom is 0.239 e. The molecule has 0 radical (unpaired) electrons. The van der Waals surface area contributed by atoms with E-state index >= 15 is 0 Å². The summed E-state index contributed by atoms with van der Waals surface area (Å²) in [6, 6.07) is 7.67. The van der Waals surface area contributed by atoms with Crippen molar-refractivity contribution in [2.75, 3.05) is 12.8 Å². The zero-order valence-corrected chi connectivity index (χ0v) is 8.53. The fourth-order valence-corrected chi connectivity index (χ4v) is 1.66. The number of benzene rings is 1. The van der Waals surface area contributed by atoms with E-state index in [0.717, 1.165) is 10.9 Å². The SMILES string of the molecule is CNC(=O)Cn1ccc2cccc(N)c21. The molecule has 0 spiro atoms. The van der Waals surface area contributed by atoms with E-state index in [0.29, 0.717) is 12.2 Å². The van der Waals surface area contributed by atoms with Gasteiger partial charge in [-0.25, -0.2) is 0 Å². The van der Waals surface area contributed by atoms with Crippen molar-refractivity contribution in [2.45, 2.75) is 6.54 Å². The largest absolute Gasteiger partial charge is 0.397 e. The van der Waals surface area contributed by atoms with Gasteiger partial charge in [0.25, 0.3) is 0 Å². The van der Waals surface area contributed by atoms with Crippen molar-refractivity contribution in [1.29, 1.82) is 0 Å². The summed E-state index contributed by atoms with van der Waals surface area (Å²) in [6.07, 6.45) is 1.87. The summed E-state index contributed by atoms with van der Waals surface area (Å²) in [5.74, 6) is -0.0317. The number of carbonyl (C=O) groups is 1. The minimum absolute atomic E-state index is 0.0317. The Balaban J connectivity index is 2.48. The topological polar surface area (TPSA) is 60.0 Å². The summed E-state index contributed by atoms with van der Waals surface area (Å²) in [5, 5.41) is 3.64. The fraction of sp³-hybridized carbons (Fsp3) is 0.182. The predicted molar refractivity (Wildman–Crippen MR) is 60.4 cm³/mol. The first-order chi connectivity index (χ1) is 7.22. The molecule has 1 aromatic heterocycles. The molecule has 1 heterocycles. The van der Waals surface area contributed by atoms with Crippen LogP contribution in [0.5, 0.6) is 0 Å². The first-order valence-corrected chi connectivity index (χ1v) is 4.76. The lowest BCUT2D eigenvalue weighted by molar-refractivity contribution is -0.121. The highest BCUT2D eigenvalue weighted by Crippen LogP contribution is 2.21. The molecular formula is C11H13N3O. The third-order valence-electron chi connectivity index (χ3n) is 2.41. The second kappa shape index (κ2) is 3.65. The smallest absolute Gasteiger partial charge is 0.239 e. The van der Waals surface area contributed by atoms with Gasteiger partial charge >= 0.3 is 0 Å². The van der Waals surface area contributed by atoms with Crippen LogP contribution < -0.4 is 11.1 Å². The van der Waals surface area contributed by atoms with Gasteiger partial charge in [0, 0.05) is 18.6 Å². The maximum atomic E-state index is 11.3. The average molecular weight is 203 g/mol. The number of anilines is 1. The summed E-state index contributed by atoms with van der Waals surface area (Å²) < 4.78 is 1.85. The van der Waals surface area contributed by atoms with E-state index in [1.165, 1.54) is 0 Å². The van der Waals surface area contributed by atoms with Crippen LogP contribution in [-0.2, 0) is 11.3 Å². The van der Waals surface area contributed by atoms with Crippen molar-refractivity contribution in [3.8, 4) is 0 Å². The van der Waals surface area contributed by atoms with Gasteiger partial charge in [-0.1, -0.05) is 12.1 Å². The molecule has 4 heteroatoms. The quantitative estimate of drug-likeness (QED) is 0.714. The molecule has 0 saturated carbocycles. The second-order valence-electron chi connectivity index (χ2n) is 3.40. The zero-order valence-electron chi connectivity index (χ0n) is 8.53. The lowest BCUT2D eigenvalue weighted by Crippen LogP contribution is -2.23. The van der Waals surface area contributed by atoms with Crippen LogP contribution in [0.4, 0.5) is 5.69 Å². The van der Waals surface area contributed by atoms with Gasteiger partial charge in [-0.2, -0.15) is 0 Å². The summed E-state index contributed by atoms with van der Waals surface area (Å²) in [4.78, 5) is 11.3. The number of amides is 1. The van der Waals surface area contributed by atoms with E-state index in [1.54, 1.807) is 7.05 Å². The number of fused-ring (bicyclic) bond motifs is 1. The number of likely N-dealkylation sites (N-methyl/N-ethyl adjacent to an activating group) is 1. The maximum absolute atomic E-state index is 11.3. The molecule has 0 bridgehead atoms. The van der Waals surface area contributed by atoms with E-state index in [1.807, 2.05) is 35.0 Å². The number of aromatic nitrogens is 1. The van der Waals surface area contributed by atoms with Crippen LogP contribution in [0.25, 0.3) is 10.9 Å². The van der Waals surface area contributed by atoms with Crippen LogP contribution in [0.3, 0.4) is 0 Å². The van der Waals surface area contributed by atoms with Gasteiger partial charge in [0.15, 0.2) is 0 Å². The molecule has 15 heavy (non-hydrogen) atoms. The summed E-state index contributed by atoms with van der Waals surface area (Å²) in [7, 11) is 1.62. The Bertz CT molecular complexity index is 502. The molecule has 78 valence electrons. The van der Waals surface area contributed by atoms with Gasteiger partial charge in [-0.15, -0.1) is 0 Å². The first kappa shape index (κ1) is 9.58. The Kier molecular flexibility index (Phi) is 2.33. The van der Waals surface area contributed by atoms with Crippen molar-refractivity contribution < 1.29 is 4.79 Å². The molecule has 4 nitrogen and oxygen atoms in total. The van der Waals surface area contributed by atoms with Crippen molar-refractivity contribution in [3.05, 3.63) is 30.5 Å². The molecule has 0 unspecified atom stereocenters. The van der Waals surface area contributed by atoms with E-state index in [9.17, 15) is 4.79 Å². The lowest BCUT2D eigenvalue weighted by atomic mass is 10.2. The molecule has 0 aliphatic rings. The molecule has 0 atom stereocenters. The lowest BCUT2D eigenvalue weighted by Gasteiger charge is -2.05. The normalized spacial score (nSPS) is 10.5. The van der Waals surface area contributed by atoms with Crippen LogP contribution in [-0.4, -0.2) is 17.5 Å². The molecule has 0 aliphatic heterocycles. The Morgan fingerprint density at radius 3 is 3.00 bits per heavy atom. The van der Waals surface area contributed by atoms with Gasteiger partial charge in [0.1, 0.15) is 6.54 Å². The number of nitrogen functional groups attached to an aromatic ring is 1.